The Hall–Kier alpha value is -1.33. The minimum atomic E-state index is -3.36. The van der Waals surface area contributed by atoms with Gasteiger partial charge in [-0.15, -0.1) is 0 Å². The fraction of sp³-hybridized carbons (Fsp3) is 0.273. The first-order chi connectivity index (χ1) is 7.58. The summed E-state index contributed by atoms with van der Waals surface area (Å²) in [5.74, 6) is 0.774. The van der Waals surface area contributed by atoms with Crippen LogP contribution in [0, 0.1) is 0 Å². The van der Waals surface area contributed by atoms with Gasteiger partial charge in [-0.1, -0.05) is 24.3 Å². The number of ether oxygens (including phenoxy) is 1. The van der Waals surface area contributed by atoms with E-state index in [1.165, 1.54) is 0 Å². The lowest BCUT2D eigenvalue weighted by molar-refractivity contribution is 0.350. The fourth-order valence-electron chi connectivity index (χ4n) is 0.960. The first kappa shape index (κ1) is 12.7. The second-order valence-corrected chi connectivity index (χ2v) is 4.73. The normalized spacial score (nSPS) is 11.8. The maximum absolute atomic E-state index is 10.6. The highest BCUT2D eigenvalue weighted by atomic mass is 32.2. The van der Waals surface area contributed by atoms with Crippen LogP contribution in [0.15, 0.2) is 42.5 Å². The average Bonchev–Trinajstić information content (AvgIpc) is 2.23. The van der Waals surface area contributed by atoms with Crippen molar-refractivity contribution in [2.75, 3.05) is 19.5 Å². The zero-order valence-corrected chi connectivity index (χ0v) is 9.81. The highest BCUT2D eigenvalue weighted by Crippen LogP contribution is 2.07. The van der Waals surface area contributed by atoms with Gasteiger partial charge in [0.25, 0.3) is 10.1 Å². The van der Waals surface area contributed by atoms with Crippen LogP contribution in [0.1, 0.15) is 0 Å². The minimum Gasteiger partial charge on any atom is -0.490 e. The van der Waals surface area contributed by atoms with E-state index in [1.54, 1.807) is 12.2 Å². The highest BCUT2D eigenvalue weighted by molar-refractivity contribution is 7.85. The summed E-state index contributed by atoms with van der Waals surface area (Å²) in [6, 6.07) is 9.36. The molecule has 0 atom stereocenters. The monoisotopic (exact) mass is 242 g/mol. The highest BCUT2D eigenvalue weighted by Gasteiger charge is 1.97. The summed E-state index contributed by atoms with van der Waals surface area (Å²) in [6.45, 7) is 0.425. The Balaban J connectivity index is 2.19. The Labute approximate surface area is 95.6 Å². The molecule has 0 heterocycles. The maximum atomic E-state index is 10.6. The largest absolute Gasteiger partial charge is 0.490 e. The van der Waals surface area contributed by atoms with E-state index >= 15 is 0 Å². The van der Waals surface area contributed by atoms with E-state index in [-0.39, 0.29) is 6.61 Å². The zero-order chi connectivity index (χ0) is 11.9. The smallest absolute Gasteiger partial charge is 0.264 e. The fourth-order valence-corrected chi connectivity index (χ4v) is 1.29. The van der Waals surface area contributed by atoms with Crippen molar-refractivity contribution in [1.82, 2.24) is 0 Å². The molecule has 1 rings (SSSR count). The molecule has 0 unspecified atom stereocenters. The van der Waals surface area contributed by atoms with Crippen molar-refractivity contribution in [3.8, 4) is 5.75 Å². The van der Waals surface area contributed by atoms with Crippen LogP contribution in [-0.4, -0.2) is 27.9 Å². The van der Waals surface area contributed by atoms with Gasteiger partial charge in [0.05, 0.1) is 12.9 Å². The molecule has 0 saturated carbocycles. The summed E-state index contributed by atoms with van der Waals surface area (Å²) in [6.07, 6.45) is 4.32. The molecule has 0 bridgehead atoms. The Kier molecular flexibility index (Phi) is 5.01. The molecule has 0 aliphatic heterocycles. The summed E-state index contributed by atoms with van der Waals surface area (Å²) in [5.41, 5.74) is 0. The van der Waals surface area contributed by atoms with Gasteiger partial charge in [-0.2, -0.15) is 8.42 Å². The molecule has 0 radical (unpaired) electrons. The van der Waals surface area contributed by atoms with Crippen molar-refractivity contribution >= 4 is 10.1 Å². The predicted molar refractivity (Wildman–Crippen MR) is 61.9 cm³/mol. The molecular weight excluding hydrogens is 228 g/mol. The van der Waals surface area contributed by atoms with Crippen molar-refractivity contribution in [2.45, 2.75) is 0 Å². The molecule has 1 aromatic carbocycles. The van der Waals surface area contributed by atoms with Gasteiger partial charge < -0.3 is 4.74 Å². The molecule has 1 aromatic rings. The number of benzene rings is 1. The molecule has 0 aliphatic carbocycles. The Morgan fingerprint density at radius 2 is 1.75 bits per heavy atom. The third-order valence-corrected chi connectivity index (χ3v) is 2.20. The second-order valence-electron chi connectivity index (χ2n) is 3.08. The van der Waals surface area contributed by atoms with Gasteiger partial charge in [-0.25, -0.2) is 0 Å². The van der Waals surface area contributed by atoms with Gasteiger partial charge in [0.15, 0.2) is 0 Å². The van der Waals surface area contributed by atoms with E-state index < -0.39 is 10.1 Å². The molecular formula is C11H14O4S. The summed E-state index contributed by atoms with van der Waals surface area (Å²) in [4.78, 5) is 0. The van der Waals surface area contributed by atoms with E-state index in [0.717, 1.165) is 12.0 Å². The van der Waals surface area contributed by atoms with Gasteiger partial charge >= 0.3 is 0 Å². The molecule has 0 spiro atoms. The van der Waals surface area contributed by atoms with E-state index in [1.807, 2.05) is 30.3 Å². The van der Waals surface area contributed by atoms with Gasteiger partial charge in [0.2, 0.25) is 0 Å². The van der Waals surface area contributed by atoms with E-state index in [9.17, 15) is 8.42 Å². The van der Waals surface area contributed by atoms with Crippen molar-refractivity contribution in [2.24, 2.45) is 0 Å². The van der Waals surface area contributed by atoms with Crippen LogP contribution < -0.4 is 4.74 Å². The van der Waals surface area contributed by atoms with Crippen LogP contribution in [0.2, 0.25) is 0 Å². The van der Waals surface area contributed by atoms with Crippen molar-refractivity contribution < 1.29 is 17.3 Å². The van der Waals surface area contributed by atoms with Gasteiger partial charge in [0.1, 0.15) is 12.4 Å². The molecule has 0 fully saturated rings. The summed E-state index contributed by atoms with van der Waals surface area (Å²) in [7, 11) is -3.36. The summed E-state index contributed by atoms with van der Waals surface area (Å²) >= 11 is 0. The van der Waals surface area contributed by atoms with Crippen LogP contribution in [0.5, 0.6) is 5.75 Å². The molecule has 4 nitrogen and oxygen atoms in total. The molecule has 5 heteroatoms. The second kappa shape index (κ2) is 6.30. The zero-order valence-electron chi connectivity index (χ0n) is 9.00. The molecule has 88 valence electrons. The van der Waals surface area contributed by atoms with Crippen molar-refractivity contribution in [3.63, 3.8) is 0 Å². The Bertz CT molecular complexity index is 423. The molecule has 0 saturated heterocycles. The molecule has 0 N–H and O–H groups in total. The lowest BCUT2D eigenvalue weighted by Gasteiger charge is -2.01. The average molecular weight is 242 g/mol. The molecule has 0 aliphatic rings. The lowest BCUT2D eigenvalue weighted by Crippen LogP contribution is -2.02. The molecule has 0 aromatic heterocycles. The summed E-state index contributed by atoms with van der Waals surface area (Å²) in [5, 5.41) is 0. The van der Waals surface area contributed by atoms with Crippen LogP contribution in [0.3, 0.4) is 0 Å². The Morgan fingerprint density at radius 1 is 1.12 bits per heavy atom. The number of hydrogen-bond acceptors (Lipinski definition) is 4. The third kappa shape index (κ3) is 6.21. The third-order valence-electron chi connectivity index (χ3n) is 1.63. The van der Waals surface area contributed by atoms with E-state index in [0.29, 0.717) is 6.61 Å². The first-order valence-electron chi connectivity index (χ1n) is 4.75. The standard InChI is InChI=1S/C11H14O4S/c1-16(12,13)15-10-6-5-9-14-11-7-3-2-4-8-11/h2-8H,9-10H2,1H3/b6-5-. The van der Waals surface area contributed by atoms with Gasteiger partial charge in [-0.05, 0) is 18.2 Å². The lowest BCUT2D eigenvalue weighted by atomic mass is 10.3. The predicted octanol–water partition coefficient (Wildman–Crippen LogP) is 1.60. The van der Waals surface area contributed by atoms with Gasteiger partial charge in [-0.3, -0.25) is 4.18 Å². The van der Waals surface area contributed by atoms with Crippen LogP contribution >= 0.6 is 0 Å². The minimum absolute atomic E-state index is 0.0387. The van der Waals surface area contributed by atoms with E-state index in [4.69, 9.17) is 4.74 Å². The molecule has 0 amide bonds. The summed E-state index contributed by atoms with van der Waals surface area (Å²) < 4.78 is 31.1. The van der Waals surface area contributed by atoms with Crippen LogP contribution in [0.4, 0.5) is 0 Å². The van der Waals surface area contributed by atoms with Crippen LogP contribution in [-0.2, 0) is 14.3 Å². The first-order valence-corrected chi connectivity index (χ1v) is 6.57. The van der Waals surface area contributed by atoms with Crippen LogP contribution in [0.25, 0.3) is 0 Å². The SMILES string of the molecule is CS(=O)(=O)OC/C=C\COc1ccccc1. The van der Waals surface area contributed by atoms with Crippen molar-refractivity contribution in [3.05, 3.63) is 42.5 Å². The topological polar surface area (TPSA) is 52.6 Å². The van der Waals surface area contributed by atoms with E-state index in [2.05, 4.69) is 4.18 Å². The maximum Gasteiger partial charge on any atom is 0.264 e. The van der Waals surface area contributed by atoms with Gasteiger partial charge in [0, 0.05) is 0 Å². The van der Waals surface area contributed by atoms with Crippen molar-refractivity contribution in [1.29, 1.82) is 0 Å². The number of rotatable bonds is 6. The number of hydrogen-bond donors (Lipinski definition) is 0. The Morgan fingerprint density at radius 3 is 2.38 bits per heavy atom. The number of para-hydroxylation sites is 1. The molecule has 16 heavy (non-hydrogen) atoms. The quantitative estimate of drug-likeness (QED) is 0.561.